The van der Waals surface area contributed by atoms with Crippen molar-refractivity contribution >= 4 is 16.6 Å². The normalized spacial score (nSPS) is 12.4. The number of nitrogens with two attached hydrogens (primary N) is 1. The van der Waals surface area contributed by atoms with Gasteiger partial charge in [0.25, 0.3) is 0 Å². The van der Waals surface area contributed by atoms with Crippen LogP contribution >= 0.6 is 0 Å². The van der Waals surface area contributed by atoms with Gasteiger partial charge in [-0.05, 0) is 12.1 Å². The minimum Gasteiger partial charge on any atom is -0.496 e. The average Bonchev–Trinajstić information content (AvgIpc) is 2.46. The Morgan fingerprint density at radius 2 is 2.11 bits per heavy atom. The molecule has 0 saturated carbocycles. The molecule has 0 saturated heterocycles. The number of methoxy groups -OCH3 is 2. The molecule has 0 amide bonds. The topological polar surface area (TPSA) is 69.4 Å². The zero-order chi connectivity index (χ0) is 13.7. The quantitative estimate of drug-likeness (QED) is 0.827. The van der Waals surface area contributed by atoms with Gasteiger partial charge >= 0.3 is 0 Å². The van der Waals surface area contributed by atoms with Crippen molar-refractivity contribution < 1.29 is 9.47 Å². The number of anilines is 1. The molecule has 2 rings (SSSR count). The van der Waals surface area contributed by atoms with Gasteiger partial charge in [0.05, 0.1) is 19.8 Å². The van der Waals surface area contributed by atoms with Gasteiger partial charge in [-0.2, -0.15) is 0 Å². The van der Waals surface area contributed by atoms with Crippen LogP contribution in [0.3, 0.4) is 0 Å². The monoisotopic (exact) mass is 261 g/mol. The number of rotatable bonds is 6. The third kappa shape index (κ3) is 2.94. The number of hydrogen-bond acceptors (Lipinski definition) is 5. The Balaban J connectivity index is 2.38. The lowest BCUT2D eigenvalue weighted by Crippen LogP contribution is -2.33. The minimum absolute atomic E-state index is 0.0364. The van der Waals surface area contributed by atoms with Gasteiger partial charge in [0.1, 0.15) is 11.6 Å². The minimum atomic E-state index is 0.0364. The lowest BCUT2D eigenvalue weighted by atomic mass is 10.1. The van der Waals surface area contributed by atoms with Gasteiger partial charge in [0.2, 0.25) is 0 Å². The maximum Gasteiger partial charge on any atom is 0.134 e. The molecular formula is C14H19N3O2. The van der Waals surface area contributed by atoms with Crippen LogP contribution in [0.2, 0.25) is 0 Å². The van der Waals surface area contributed by atoms with Crippen LogP contribution in [0.1, 0.15) is 0 Å². The first kappa shape index (κ1) is 13.6. The van der Waals surface area contributed by atoms with Crippen molar-refractivity contribution in [1.82, 2.24) is 4.98 Å². The predicted molar refractivity (Wildman–Crippen MR) is 76.6 cm³/mol. The van der Waals surface area contributed by atoms with Crippen LogP contribution in [0.4, 0.5) is 5.82 Å². The molecule has 0 spiro atoms. The Morgan fingerprint density at radius 1 is 1.26 bits per heavy atom. The van der Waals surface area contributed by atoms with Crippen LogP contribution in [0, 0.1) is 0 Å². The molecule has 0 bridgehead atoms. The lowest BCUT2D eigenvalue weighted by Gasteiger charge is -2.18. The first-order valence-electron chi connectivity index (χ1n) is 6.17. The van der Waals surface area contributed by atoms with Crippen molar-refractivity contribution in [3.8, 4) is 5.75 Å². The van der Waals surface area contributed by atoms with Crippen molar-refractivity contribution in [3.63, 3.8) is 0 Å². The highest BCUT2D eigenvalue weighted by Crippen LogP contribution is 2.29. The van der Waals surface area contributed by atoms with Crippen molar-refractivity contribution in [2.45, 2.75) is 6.04 Å². The molecule has 1 aromatic heterocycles. The summed E-state index contributed by atoms with van der Waals surface area (Å²) in [5.41, 5.74) is 5.71. The Morgan fingerprint density at radius 3 is 2.79 bits per heavy atom. The fourth-order valence-electron chi connectivity index (χ4n) is 2.03. The number of ether oxygens (including phenoxy) is 2. The Kier molecular flexibility index (Phi) is 4.54. The van der Waals surface area contributed by atoms with Crippen LogP contribution in [-0.4, -0.2) is 38.4 Å². The molecule has 5 heteroatoms. The molecule has 5 nitrogen and oxygen atoms in total. The third-order valence-electron chi connectivity index (χ3n) is 2.98. The molecular weight excluding hydrogens is 242 g/mol. The highest BCUT2D eigenvalue weighted by molar-refractivity contribution is 5.95. The second-order valence-corrected chi connectivity index (χ2v) is 4.25. The number of aromatic nitrogens is 1. The van der Waals surface area contributed by atoms with Crippen molar-refractivity contribution in [3.05, 3.63) is 30.5 Å². The zero-order valence-corrected chi connectivity index (χ0v) is 11.2. The predicted octanol–water partition coefficient (Wildman–Crippen LogP) is 1.63. The Bertz CT molecular complexity index is 545. The lowest BCUT2D eigenvalue weighted by molar-refractivity contribution is 0.187. The molecule has 102 valence electrons. The zero-order valence-electron chi connectivity index (χ0n) is 11.2. The van der Waals surface area contributed by atoms with E-state index >= 15 is 0 Å². The summed E-state index contributed by atoms with van der Waals surface area (Å²) in [6.45, 7) is 1.02. The Hall–Kier alpha value is -1.85. The molecule has 1 atom stereocenters. The molecule has 3 N–H and O–H groups in total. The summed E-state index contributed by atoms with van der Waals surface area (Å²) in [5, 5.41) is 5.34. The van der Waals surface area contributed by atoms with Crippen molar-refractivity contribution in [2.75, 3.05) is 32.7 Å². The summed E-state index contributed by atoms with van der Waals surface area (Å²) >= 11 is 0. The molecule has 2 aromatic rings. The van der Waals surface area contributed by atoms with Crippen LogP contribution in [0.15, 0.2) is 30.5 Å². The number of hydrogen-bond donors (Lipinski definition) is 2. The maximum atomic E-state index is 5.71. The largest absolute Gasteiger partial charge is 0.496 e. The molecule has 1 heterocycles. The summed E-state index contributed by atoms with van der Waals surface area (Å²) in [4.78, 5) is 4.37. The number of nitrogens with one attached hydrogen (secondary N) is 1. The second-order valence-electron chi connectivity index (χ2n) is 4.25. The fraction of sp³-hybridized carbons (Fsp3) is 0.357. The first-order valence-corrected chi connectivity index (χ1v) is 6.17. The smallest absolute Gasteiger partial charge is 0.134 e. The van der Waals surface area contributed by atoms with Gasteiger partial charge in [-0.1, -0.05) is 12.1 Å². The summed E-state index contributed by atoms with van der Waals surface area (Å²) in [5.74, 6) is 1.63. The van der Waals surface area contributed by atoms with Crippen molar-refractivity contribution in [1.29, 1.82) is 0 Å². The second kappa shape index (κ2) is 6.36. The molecule has 0 aliphatic heterocycles. The van der Waals surface area contributed by atoms with E-state index in [1.54, 1.807) is 20.4 Å². The molecule has 1 aromatic carbocycles. The van der Waals surface area contributed by atoms with Crippen molar-refractivity contribution in [2.24, 2.45) is 5.73 Å². The van der Waals surface area contributed by atoms with Gasteiger partial charge in [-0.15, -0.1) is 0 Å². The summed E-state index contributed by atoms with van der Waals surface area (Å²) in [6, 6.07) is 7.86. The van der Waals surface area contributed by atoms with Gasteiger partial charge in [0, 0.05) is 30.6 Å². The average molecular weight is 261 g/mol. The molecule has 1 unspecified atom stereocenters. The van der Waals surface area contributed by atoms with Crippen LogP contribution in [0.5, 0.6) is 5.75 Å². The molecule has 0 fully saturated rings. The molecule has 0 aliphatic rings. The maximum absolute atomic E-state index is 5.71. The standard InChI is InChI=1S/C14H19N3O2/c1-18-9-10(8-15)17-14-12-4-3-5-13(19-2)11(12)6-7-16-14/h3-7,10H,8-9,15H2,1-2H3,(H,16,17). The molecule has 19 heavy (non-hydrogen) atoms. The van der Waals surface area contributed by atoms with E-state index in [4.69, 9.17) is 15.2 Å². The highest BCUT2D eigenvalue weighted by Gasteiger charge is 2.10. The van der Waals surface area contributed by atoms with E-state index in [1.165, 1.54) is 0 Å². The summed E-state index contributed by atoms with van der Waals surface area (Å²) in [6.07, 6.45) is 1.76. The van der Waals surface area contributed by atoms with Gasteiger partial charge < -0.3 is 20.5 Å². The SMILES string of the molecule is COCC(CN)Nc1nccc2c(OC)cccc12. The van der Waals surface area contributed by atoms with Crippen LogP contribution in [0.25, 0.3) is 10.8 Å². The van der Waals surface area contributed by atoms with Gasteiger partial charge in [-0.25, -0.2) is 4.98 Å². The van der Waals surface area contributed by atoms with E-state index in [9.17, 15) is 0 Å². The summed E-state index contributed by atoms with van der Waals surface area (Å²) in [7, 11) is 3.32. The van der Waals surface area contributed by atoms with E-state index in [0.29, 0.717) is 13.2 Å². The molecule has 0 aliphatic carbocycles. The van der Waals surface area contributed by atoms with E-state index in [2.05, 4.69) is 10.3 Å². The first-order chi connectivity index (χ1) is 9.30. The third-order valence-corrected chi connectivity index (χ3v) is 2.98. The number of benzene rings is 1. The number of pyridine rings is 1. The van der Waals surface area contributed by atoms with Gasteiger partial charge in [0.15, 0.2) is 0 Å². The van der Waals surface area contributed by atoms with E-state index in [1.807, 2.05) is 24.3 Å². The van der Waals surface area contributed by atoms with E-state index in [-0.39, 0.29) is 6.04 Å². The van der Waals surface area contributed by atoms with E-state index in [0.717, 1.165) is 22.3 Å². The van der Waals surface area contributed by atoms with Crippen LogP contribution in [-0.2, 0) is 4.74 Å². The number of fused-ring (bicyclic) bond motifs is 1. The van der Waals surface area contributed by atoms with E-state index < -0.39 is 0 Å². The summed E-state index contributed by atoms with van der Waals surface area (Å²) < 4.78 is 10.5. The Labute approximate surface area is 112 Å². The fourth-order valence-corrected chi connectivity index (χ4v) is 2.03. The van der Waals surface area contributed by atoms with Gasteiger partial charge in [-0.3, -0.25) is 0 Å². The van der Waals surface area contributed by atoms with Crippen LogP contribution < -0.4 is 15.8 Å². The number of nitrogens with zero attached hydrogens (tertiary/aromatic N) is 1. The molecule has 0 radical (unpaired) electrons. The highest BCUT2D eigenvalue weighted by atomic mass is 16.5.